The number of aryl methyl sites for hydroxylation is 3. The Morgan fingerprint density at radius 1 is 1.32 bits per heavy atom. The van der Waals surface area contributed by atoms with Crippen LogP contribution in [0.25, 0.3) is 0 Å². The molecule has 0 atom stereocenters. The molecule has 0 aliphatic heterocycles. The highest BCUT2D eigenvalue weighted by molar-refractivity contribution is 5.48. The maximum Gasteiger partial charge on any atom is 0.133 e. The zero-order chi connectivity index (χ0) is 14.0. The quantitative estimate of drug-likeness (QED) is 0.883. The van der Waals surface area contributed by atoms with Gasteiger partial charge in [-0.05, 0) is 13.8 Å². The van der Waals surface area contributed by atoms with Gasteiger partial charge in [-0.2, -0.15) is 5.10 Å². The second-order valence-electron chi connectivity index (χ2n) is 4.94. The van der Waals surface area contributed by atoms with E-state index in [1.165, 1.54) is 5.56 Å². The molecular weight excluding hydrogens is 242 g/mol. The van der Waals surface area contributed by atoms with E-state index >= 15 is 0 Å². The van der Waals surface area contributed by atoms with Crippen LogP contribution in [0.1, 0.15) is 22.7 Å². The zero-order valence-electron chi connectivity index (χ0n) is 12.2. The molecule has 0 aromatic carbocycles. The van der Waals surface area contributed by atoms with Crippen LogP contribution in [-0.2, 0) is 20.1 Å². The summed E-state index contributed by atoms with van der Waals surface area (Å²) in [6.07, 6.45) is 0. The molecule has 6 nitrogen and oxygen atoms in total. The molecule has 2 rings (SSSR count). The van der Waals surface area contributed by atoms with Crippen molar-refractivity contribution < 1.29 is 4.52 Å². The second-order valence-corrected chi connectivity index (χ2v) is 4.94. The predicted molar refractivity (Wildman–Crippen MR) is 74.1 cm³/mol. The summed E-state index contributed by atoms with van der Waals surface area (Å²) in [4.78, 5) is 2.08. The van der Waals surface area contributed by atoms with Crippen LogP contribution in [-0.4, -0.2) is 29.0 Å². The van der Waals surface area contributed by atoms with Crippen LogP contribution in [0.3, 0.4) is 0 Å². The molecule has 0 radical (unpaired) electrons. The number of aromatic nitrogens is 3. The standard InChI is InChI=1S/C13H21N5O/c1-9-6-11(16-19-9)7-14-8-12-10(2)15-18(5)13(12)17(3)4/h6,14H,7-8H2,1-5H3. The molecule has 0 fully saturated rings. The highest BCUT2D eigenvalue weighted by atomic mass is 16.5. The largest absolute Gasteiger partial charge is 0.363 e. The Balaban J connectivity index is 2.03. The molecule has 0 saturated heterocycles. The van der Waals surface area contributed by atoms with E-state index in [2.05, 4.69) is 20.5 Å². The van der Waals surface area contributed by atoms with Crippen molar-refractivity contribution in [3.05, 3.63) is 28.8 Å². The molecule has 0 aliphatic rings. The Morgan fingerprint density at radius 2 is 2.05 bits per heavy atom. The van der Waals surface area contributed by atoms with Gasteiger partial charge in [0.15, 0.2) is 0 Å². The van der Waals surface area contributed by atoms with Gasteiger partial charge in [0.2, 0.25) is 0 Å². The third-order valence-corrected chi connectivity index (χ3v) is 3.02. The van der Waals surface area contributed by atoms with Crippen molar-refractivity contribution in [2.75, 3.05) is 19.0 Å². The SMILES string of the molecule is Cc1cc(CNCc2c(C)nn(C)c2N(C)C)no1. The van der Waals surface area contributed by atoms with E-state index in [0.717, 1.165) is 29.5 Å². The molecule has 104 valence electrons. The average Bonchev–Trinajstić information content (AvgIpc) is 2.84. The van der Waals surface area contributed by atoms with Crippen LogP contribution in [0.4, 0.5) is 5.82 Å². The van der Waals surface area contributed by atoms with Gasteiger partial charge >= 0.3 is 0 Å². The number of nitrogens with zero attached hydrogens (tertiary/aromatic N) is 4. The van der Waals surface area contributed by atoms with Crippen molar-refractivity contribution in [2.45, 2.75) is 26.9 Å². The molecular formula is C13H21N5O. The molecule has 0 aliphatic carbocycles. The first-order valence-corrected chi connectivity index (χ1v) is 6.31. The van der Waals surface area contributed by atoms with Gasteiger partial charge in [-0.3, -0.25) is 4.68 Å². The maximum absolute atomic E-state index is 5.04. The Bertz CT molecular complexity index is 555. The van der Waals surface area contributed by atoms with Crippen LogP contribution in [0, 0.1) is 13.8 Å². The normalized spacial score (nSPS) is 11.0. The highest BCUT2D eigenvalue weighted by Gasteiger charge is 2.14. The average molecular weight is 263 g/mol. The summed E-state index contributed by atoms with van der Waals surface area (Å²) >= 11 is 0. The molecule has 0 amide bonds. The van der Waals surface area contributed by atoms with E-state index in [1.807, 2.05) is 45.7 Å². The number of hydrogen-bond acceptors (Lipinski definition) is 5. The molecule has 0 bridgehead atoms. The smallest absolute Gasteiger partial charge is 0.133 e. The number of anilines is 1. The molecule has 6 heteroatoms. The Labute approximate surface area is 113 Å². The van der Waals surface area contributed by atoms with Gasteiger partial charge in [0.25, 0.3) is 0 Å². The third kappa shape index (κ3) is 2.96. The Hall–Kier alpha value is -1.82. The maximum atomic E-state index is 5.04. The molecule has 19 heavy (non-hydrogen) atoms. The van der Waals surface area contributed by atoms with E-state index in [9.17, 15) is 0 Å². The van der Waals surface area contributed by atoms with Crippen LogP contribution in [0.15, 0.2) is 10.6 Å². The van der Waals surface area contributed by atoms with Crippen LogP contribution in [0.2, 0.25) is 0 Å². The van der Waals surface area contributed by atoms with E-state index in [0.29, 0.717) is 6.54 Å². The second kappa shape index (κ2) is 5.44. The monoisotopic (exact) mass is 263 g/mol. The van der Waals surface area contributed by atoms with Crippen molar-refractivity contribution >= 4 is 5.82 Å². The fourth-order valence-corrected chi connectivity index (χ4v) is 2.27. The highest BCUT2D eigenvalue weighted by Crippen LogP contribution is 2.21. The van der Waals surface area contributed by atoms with Crippen LogP contribution in [0.5, 0.6) is 0 Å². The zero-order valence-corrected chi connectivity index (χ0v) is 12.2. The first-order valence-electron chi connectivity index (χ1n) is 6.31. The van der Waals surface area contributed by atoms with Crippen molar-refractivity contribution in [3.8, 4) is 0 Å². The fraction of sp³-hybridized carbons (Fsp3) is 0.538. The van der Waals surface area contributed by atoms with Crippen molar-refractivity contribution in [2.24, 2.45) is 7.05 Å². The molecule has 2 aromatic heterocycles. The summed E-state index contributed by atoms with van der Waals surface area (Å²) in [5, 5.41) is 11.8. The lowest BCUT2D eigenvalue weighted by atomic mass is 10.2. The summed E-state index contributed by atoms with van der Waals surface area (Å²) < 4.78 is 6.95. The Morgan fingerprint density at radius 3 is 2.63 bits per heavy atom. The van der Waals surface area contributed by atoms with E-state index in [4.69, 9.17) is 4.52 Å². The van der Waals surface area contributed by atoms with Gasteiger partial charge in [-0.15, -0.1) is 0 Å². The summed E-state index contributed by atoms with van der Waals surface area (Å²) in [7, 11) is 6.02. The minimum Gasteiger partial charge on any atom is -0.363 e. The topological polar surface area (TPSA) is 59.1 Å². The molecule has 2 aromatic rings. The molecule has 2 heterocycles. The first kappa shape index (κ1) is 13.6. The van der Waals surface area contributed by atoms with Crippen molar-refractivity contribution in [3.63, 3.8) is 0 Å². The van der Waals surface area contributed by atoms with Crippen LogP contribution >= 0.6 is 0 Å². The van der Waals surface area contributed by atoms with Gasteiger partial charge in [0, 0.05) is 45.9 Å². The summed E-state index contributed by atoms with van der Waals surface area (Å²) in [6, 6.07) is 1.94. The fourth-order valence-electron chi connectivity index (χ4n) is 2.27. The minimum absolute atomic E-state index is 0.693. The van der Waals surface area contributed by atoms with E-state index in [-0.39, 0.29) is 0 Å². The summed E-state index contributed by atoms with van der Waals surface area (Å²) in [6.45, 7) is 5.38. The molecule has 0 spiro atoms. The molecule has 0 unspecified atom stereocenters. The van der Waals surface area contributed by atoms with Crippen molar-refractivity contribution in [1.82, 2.24) is 20.3 Å². The molecule has 1 N–H and O–H groups in total. The van der Waals surface area contributed by atoms with Gasteiger partial charge in [0.05, 0.1) is 11.4 Å². The van der Waals surface area contributed by atoms with Gasteiger partial charge in [-0.1, -0.05) is 5.16 Å². The number of nitrogens with one attached hydrogen (secondary N) is 1. The summed E-state index contributed by atoms with van der Waals surface area (Å²) in [5.41, 5.74) is 3.19. The molecule has 0 saturated carbocycles. The lowest BCUT2D eigenvalue weighted by Gasteiger charge is -2.15. The van der Waals surface area contributed by atoms with Crippen molar-refractivity contribution in [1.29, 1.82) is 0 Å². The third-order valence-electron chi connectivity index (χ3n) is 3.02. The summed E-state index contributed by atoms with van der Waals surface area (Å²) in [5.74, 6) is 1.96. The number of hydrogen-bond donors (Lipinski definition) is 1. The van der Waals surface area contributed by atoms with Crippen LogP contribution < -0.4 is 10.2 Å². The van der Waals surface area contributed by atoms with Gasteiger partial charge < -0.3 is 14.7 Å². The predicted octanol–water partition coefficient (Wildman–Crippen LogP) is 1.38. The Kier molecular flexibility index (Phi) is 3.90. The van der Waals surface area contributed by atoms with Gasteiger partial charge in [0.1, 0.15) is 11.6 Å². The lowest BCUT2D eigenvalue weighted by Crippen LogP contribution is -2.19. The number of rotatable bonds is 5. The van der Waals surface area contributed by atoms with Gasteiger partial charge in [-0.25, -0.2) is 0 Å². The minimum atomic E-state index is 0.693. The van der Waals surface area contributed by atoms with E-state index < -0.39 is 0 Å². The lowest BCUT2D eigenvalue weighted by molar-refractivity contribution is 0.388. The van der Waals surface area contributed by atoms with E-state index in [1.54, 1.807) is 0 Å². The first-order chi connectivity index (χ1) is 8.99.